The first kappa shape index (κ1) is 16.5. The van der Waals surface area contributed by atoms with Gasteiger partial charge in [0.25, 0.3) is 5.91 Å². The highest BCUT2D eigenvalue weighted by atomic mass is 16.2. The monoisotopic (exact) mass is 307 g/mol. The molecule has 2 N–H and O–H groups in total. The second kappa shape index (κ2) is 7.40. The summed E-state index contributed by atoms with van der Waals surface area (Å²) in [4.78, 5) is 26.3. The first-order chi connectivity index (χ1) is 10.5. The summed E-state index contributed by atoms with van der Waals surface area (Å²) in [5.74, 6) is -0.400. The summed E-state index contributed by atoms with van der Waals surface area (Å²) in [6, 6.07) is 1.94. The number of amides is 2. The van der Waals surface area contributed by atoms with Crippen molar-refractivity contribution in [1.29, 1.82) is 0 Å². The molecule has 7 nitrogen and oxygen atoms in total. The van der Waals surface area contributed by atoms with Crippen molar-refractivity contribution in [2.45, 2.75) is 39.3 Å². The van der Waals surface area contributed by atoms with Crippen molar-refractivity contribution in [1.82, 2.24) is 25.3 Å². The first-order valence-corrected chi connectivity index (χ1v) is 7.80. The number of carbonyl (C=O) groups excluding carboxylic acids is 2. The molecule has 0 bridgehead atoms. The Morgan fingerprint density at radius 3 is 2.68 bits per heavy atom. The molecular weight excluding hydrogens is 282 g/mol. The summed E-state index contributed by atoms with van der Waals surface area (Å²) in [6.07, 6.45) is 1.91. The van der Waals surface area contributed by atoms with Gasteiger partial charge in [0.05, 0.1) is 12.2 Å². The molecule has 122 valence electrons. The lowest BCUT2D eigenvalue weighted by atomic mass is 10.1. The van der Waals surface area contributed by atoms with E-state index in [4.69, 9.17) is 0 Å². The van der Waals surface area contributed by atoms with Gasteiger partial charge in [-0.3, -0.25) is 14.3 Å². The minimum Gasteiger partial charge on any atom is -0.352 e. The van der Waals surface area contributed by atoms with Crippen LogP contribution in [0.3, 0.4) is 0 Å². The van der Waals surface area contributed by atoms with Crippen LogP contribution in [0.4, 0.5) is 0 Å². The van der Waals surface area contributed by atoms with E-state index in [1.165, 1.54) is 0 Å². The quantitative estimate of drug-likeness (QED) is 0.812. The normalized spacial score (nSPS) is 16.5. The fraction of sp³-hybridized carbons (Fsp3) is 0.667. The molecule has 0 spiro atoms. The molecule has 0 saturated carbocycles. The van der Waals surface area contributed by atoms with Crippen molar-refractivity contribution in [2.24, 2.45) is 0 Å². The molecule has 22 heavy (non-hydrogen) atoms. The Morgan fingerprint density at radius 2 is 2.05 bits per heavy atom. The van der Waals surface area contributed by atoms with Gasteiger partial charge in [0, 0.05) is 12.6 Å². The van der Waals surface area contributed by atoms with Crippen LogP contribution in [0.25, 0.3) is 0 Å². The van der Waals surface area contributed by atoms with Gasteiger partial charge >= 0.3 is 0 Å². The Balaban J connectivity index is 1.79. The number of aryl methyl sites for hydroxylation is 2. The predicted octanol–water partition coefficient (Wildman–Crippen LogP) is 0.152. The molecule has 0 atom stereocenters. The molecule has 1 aliphatic heterocycles. The second-order valence-corrected chi connectivity index (χ2v) is 5.81. The number of rotatable bonds is 5. The van der Waals surface area contributed by atoms with Crippen LogP contribution in [0.15, 0.2) is 6.07 Å². The second-order valence-electron chi connectivity index (χ2n) is 5.81. The summed E-state index contributed by atoms with van der Waals surface area (Å²) in [5.41, 5.74) is 1.29. The van der Waals surface area contributed by atoms with Gasteiger partial charge in [-0.2, -0.15) is 5.10 Å². The Morgan fingerprint density at radius 1 is 1.36 bits per heavy atom. The smallest absolute Gasteiger partial charge is 0.269 e. The van der Waals surface area contributed by atoms with E-state index in [1.807, 2.05) is 13.8 Å². The molecule has 0 unspecified atom stereocenters. The number of aromatic nitrogens is 2. The van der Waals surface area contributed by atoms with Crippen molar-refractivity contribution in [3.63, 3.8) is 0 Å². The summed E-state index contributed by atoms with van der Waals surface area (Å²) in [7, 11) is 2.08. The van der Waals surface area contributed by atoms with Gasteiger partial charge in [-0.05, 0) is 52.9 Å². The highest BCUT2D eigenvalue weighted by molar-refractivity contribution is 5.95. The average molecular weight is 307 g/mol. The summed E-state index contributed by atoms with van der Waals surface area (Å²) >= 11 is 0. The molecule has 2 amide bonds. The lowest BCUT2D eigenvalue weighted by Gasteiger charge is -2.29. The van der Waals surface area contributed by atoms with Gasteiger partial charge in [0.2, 0.25) is 5.91 Å². The molecule has 1 saturated heterocycles. The number of nitrogens with zero attached hydrogens (tertiary/aromatic N) is 3. The standard InChI is InChI=1S/C15H25N5O2/c1-4-20-13(9-11(2)18-20)15(22)16-10-14(21)17-12-5-7-19(3)8-6-12/h9,12H,4-8,10H2,1-3H3,(H,16,22)(H,17,21). The Hall–Kier alpha value is -1.89. The fourth-order valence-electron chi connectivity index (χ4n) is 2.65. The summed E-state index contributed by atoms with van der Waals surface area (Å²) in [5, 5.41) is 9.87. The van der Waals surface area contributed by atoms with Crippen molar-refractivity contribution in [2.75, 3.05) is 26.7 Å². The summed E-state index contributed by atoms with van der Waals surface area (Å²) < 4.78 is 1.64. The maximum atomic E-state index is 12.1. The van der Waals surface area contributed by atoms with Crippen LogP contribution in [0.1, 0.15) is 35.9 Å². The van der Waals surface area contributed by atoms with Crippen molar-refractivity contribution in [3.8, 4) is 0 Å². The van der Waals surface area contributed by atoms with E-state index in [1.54, 1.807) is 10.7 Å². The molecule has 1 aromatic heterocycles. The van der Waals surface area contributed by atoms with Crippen molar-refractivity contribution in [3.05, 3.63) is 17.5 Å². The topological polar surface area (TPSA) is 79.3 Å². The zero-order chi connectivity index (χ0) is 16.1. The van der Waals surface area contributed by atoms with E-state index in [9.17, 15) is 9.59 Å². The first-order valence-electron chi connectivity index (χ1n) is 7.80. The molecule has 7 heteroatoms. The van der Waals surface area contributed by atoms with Crippen LogP contribution in [0, 0.1) is 6.92 Å². The van der Waals surface area contributed by atoms with Gasteiger partial charge in [-0.1, -0.05) is 0 Å². The van der Waals surface area contributed by atoms with Crippen LogP contribution in [0.2, 0.25) is 0 Å². The van der Waals surface area contributed by atoms with Gasteiger partial charge in [0.15, 0.2) is 0 Å². The van der Waals surface area contributed by atoms with E-state index in [2.05, 4.69) is 27.7 Å². The third kappa shape index (κ3) is 4.30. The number of piperidine rings is 1. The van der Waals surface area contributed by atoms with Gasteiger partial charge in [0.1, 0.15) is 5.69 Å². The van der Waals surface area contributed by atoms with Crippen LogP contribution >= 0.6 is 0 Å². The van der Waals surface area contributed by atoms with Crippen molar-refractivity contribution >= 4 is 11.8 Å². The van der Waals surface area contributed by atoms with Gasteiger partial charge in [-0.15, -0.1) is 0 Å². The lowest BCUT2D eigenvalue weighted by Crippen LogP contribution is -2.46. The average Bonchev–Trinajstić information content (AvgIpc) is 2.88. The molecule has 1 aliphatic rings. The van der Waals surface area contributed by atoms with E-state index in [-0.39, 0.29) is 24.4 Å². The Labute approximate surface area is 131 Å². The molecule has 2 rings (SSSR count). The van der Waals surface area contributed by atoms with E-state index in [0.29, 0.717) is 12.2 Å². The number of nitrogens with one attached hydrogen (secondary N) is 2. The molecule has 1 fully saturated rings. The fourth-order valence-corrected chi connectivity index (χ4v) is 2.65. The Bertz CT molecular complexity index is 532. The minimum atomic E-state index is -0.263. The number of likely N-dealkylation sites (tertiary alicyclic amines) is 1. The minimum absolute atomic E-state index is 0.000878. The zero-order valence-electron chi connectivity index (χ0n) is 13.6. The van der Waals surface area contributed by atoms with Crippen LogP contribution in [0.5, 0.6) is 0 Å². The summed E-state index contributed by atoms with van der Waals surface area (Å²) in [6.45, 7) is 6.38. The van der Waals surface area contributed by atoms with Crippen LogP contribution in [-0.2, 0) is 11.3 Å². The molecule has 0 aromatic carbocycles. The number of carbonyl (C=O) groups is 2. The SMILES string of the molecule is CCn1nc(C)cc1C(=O)NCC(=O)NC1CCN(C)CC1. The largest absolute Gasteiger partial charge is 0.352 e. The third-order valence-electron chi connectivity index (χ3n) is 3.93. The molecule has 0 aliphatic carbocycles. The zero-order valence-corrected chi connectivity index (χ0v) is 13.6. The molecule has 2 heterocycles. The molecule has 0 radical (unpaired) electrons. The lowest BCUT2D eigenvalue weighted by molar-refractivity contribution is -0.121. The van der Waals surface area contributed by atoms with Crippen molar-refractivity contribution < 1.29 is 9.59 Å². The Kier molecular flexibility index (Phi) is 5.54. The highest BCUT2D eigenvalue weighted by Crippen LogP contribution is 2.08. The number of hydrogen-bond donors (Lipinski definition) is 2. The highest BCUT2D eigenvalue weighted by Gasteiger charge is 2.19. The van der Waals surface area contributed by atoms with E-state index < -0.39 is 0 Å². The molecule has 1 aromatic rings. The van der Waals surface area contributed by atoms with E-state index in [0.717, 1.165) is 31.6 Å². The predicted molar refractivity (Wildman–Crippen MR) is 83.6 cm³/mol. The molecular formula is C15H25N5O2. The number of hydrogen-bond acceptors (Lipinski definition) is 4. The third-order valence-corrected chi connectivity index (χ3v) is 3.93. The van der Waals surface area contributed by atoms with E-state index >= 15 is 0 Å². The van der Waals surface area contributed by atoms with Crippen LogP contribution in [-0.4, -0.2) is 59.2 Å². The van der Waals surface area contributed by atoms with Gasteiger partial charge < -0.3 is 15.5 Å². The maximum Gasteiger partial charge on any atom is 0.269 e. The van der Waals surface area contributed by atoms with Gasteiger partial charge in [-0.25, -0.2) is 0 Å². The maximum absolute atomic E-state index is 12.1. The van der Waals surface area contributed by atoms with Crippen LogP contribution < -0.4 is 10.6 Å².